The lowest BCUT2D eigenvalue weighted by Gasteiger charge is -2.35. The molecule has 0 aromatic carbocycles. The van der Waals surface area contributed by atoms with Crippen LogP contribution >= 0.6 is 0 Å². The number of halogens is 3. The number of nitrogens with zero attached hydrogens (tertiary/aromatic N) is 6. The number of alkyl halides is 3. The molecular formula is C22H30F3N7O4. The van der Waals surface area contributed by atoms with E-state index in [2.05, 4.69) is 15.5 Å². The second kappa shape index (κ2) is 10.6. The molecule has 0 spiro atoms. The molecule has 3 rings (SSSR count). The van der Waals surface area contributed by atoms with Crippen molar-refractivity contribution in [2.24, 2.45) is 0 Å². The highest BCUT2D eigenvalue weighted by atomic mass is 19.4. The van der Waals surface area contributed by atoms with Crippen LogP contribution < -0.4 is 5.32 Å². The smallest absolute Gasteiger partial charge is 0.435 e. The number of aryl methyl sites for hydroxylation is 2. The van der Waals surface area contributed by atoms with Crippen LogP contribution in [0.3, 0.4) is 0 Å². The predicted octanol–water partition coefficient (Wildman–Crippen LogP) is 2.78. The third-order valence-electron chi connectivity index (χ3n) is 6.01. The second-order valence-corrected chi connectivity index (χ2v) is 8.57. The van der Waals surface area contributed by atoms with Crippen molar-refractivity contribution in [3.63, 3.8) is 0 Å². The molecule has 2 unspecified atom stereocenters. The van der Waals surface area contributed by atoms with Crippen molar-refractivity contribution in [3.05, 3.63) is 29.3 Å². The Kier molecular flexibility index (Phi) is 7.94. The fourth-order valence-electron chi connectivity index (χ4n) is 3.87. The van der Waals surface area contributed by atoms with Crippen molar-refractivity contribution in [1.82, 2.24) is 29.4 Å². The molecule has 0 aliphatic carbocycles. The normalized spacial score (nSPS) is 16.0. The first-order chi connectivity index (χ1) is 16.8. The molecule has 0 saturated carbocycles. The number of carbonyl (C=O) groups excluding carboxylic acids is 3. The van der Waals surface area contributed by atoms with Crippen LogP contribution in [0.2, 0.25) is 0 Å². The summed E-state index contributed by atoms with van der Waals surface area (Å²) in [7, 11) is 0. The van der Waals surface area contributed by atoms with Crippen LogP contribution in [0.15, 0.2) is 12.3 Å². The molecule has 36 heavy (non-hydrogen) atoms. The van der Waals surface area contributed by atoms with Crippen molar-refractivity contribution in [1.29, 1.82) is 0 Å². The van der Waals surface area contributed by atoms with Crippen LogP contribution in [0.4, 0.5) is 23.7 Å². The molecule has 198 valence electrons. The number of amides is 3. The monoisotopic (exact) mass is 513 g/mol. The van der Waals surface area contributed by atoms with Gasteiger partial charge in [0.15, 0.2) is 5.69 Å². The minimum absolute atomic E-state index is 0.194. The lowest BCUT2D eigenvalue weighted by atomic mass is 10.2. The molecule has 14 heteroatoms. The van der Waals surface area contributed by atoms with Gasteiger partial charge in [-0.3, -0.25) is 19.0 Å². The van der Waals surface area contributed by atoms with Gasteiger partial charge in [-0.25, -0.2) is 4.79 Å². The zero-order chi connectivity index (χ0) is 26.8. The van der Waals surface area contributed by atoms with Gasteiger partial charge in [0, 0.05) is 38.1 Å². The minimum Gasteiger partial charge on any atom is -0.450 e. The molecule has 3 amide bonds. The molecule has 1 aliphatic rings. The van der Waals surface area contributed by atoms with Crippen molar-refractivity contribution in [2.45, 2.75) is 52.9 Å². The van der Waals surface area contributed by atoms with Gasteiger partial charge in [-0.2, -0.15) is 23.4 Å². The minimum atomic E-state index is -4.61. The molecule has 3 heterocycles. The molecular weight excluding hydrogens is 483 g/mol. The zero-order valence-electron chi connectivity index (χ0n) is 20.8. The van der Waals surface area contributed by atoms with Crippen molar-refractivity contribution >= 4 is 23.6 Å². The van der Waals surface area contributed by atoms with Gasteiger partial charge in [0.05, 0.1) is 18.0 Å². The van der Waals surface area contributed by atoms with E-state index in [1.54, 1.807) is 30.6 Å². The summed E-state index contributed by atoms with van der Waals surface area (Å²) in [5.41, 5.74) is -0.103. The van der Waals surface area contributed by atoms with Crippen LogP contribution in [0.1, 0.15) is 49.9 Å². The van der Waals surface area contributed by atoms with E-state index < -0.39 is 36.0 Å². The summed E-state index contributed by atoms with van der Waals surface area (Å²) < 4.78 is 46.3. The average molecular weight is 514 g/mol. The van der Waals surface area contributed by atoms with Crippen LogP contribution in [0.25, 0.3) is 0 Å². The van der Waals surface area contributed by atoms with Gasteiger partial charge in [-0.05, 0) is 40.7 Å². The van der Waals surface area contributed by atoms with Crippen LogP contribution in [-0.2, 0) is 20.5 Å². The maximum atomic E-state index is 13.0. The summed E-state index contributed by atoms with van der Waals surface area (Å²) in [5, 5.41) is 10.5. The Balaban J connectivity index is 1.64. The van der Waals surface area contributed by atoms with Crippen molar-refractivity contribution in [3.8, 4) is 0 Å². The number of nitrogens with one attached hydrogen (secondary N) is 1. The van der Waals surface area contributed by atoms with Crippen LogP contribution in [0, 0.1) is 13.8 Å². The largest absolute Gasteiger partial charge is 0.450 e. The van der Waals surface area contributed by atoms with E-state index in [9.17, 15) is 27.6 Å². The Morgan fingerprint density at radius 3 is 2.22 bits per heavy atom. The van der Waals surface area contributed by atoms with E-state index in [1.807, 2.05) is 0 Å². The molecule has 1 fully saturated rings. The first kappa shape index (κ1) is 27.0. The number of aromatic nitrogens is 4. The van der Waals surface area contributed by atoms with Crippen LogP contribution in [-0.4, -0.2) is 80.1 Å². The number of hydrogen-bond donors (Lipinski definition) is 1. The molecule has 0 radical (unpaired) electrons. The quantitative estimate of drug-likeness (QED) is 0.635. The summed E-state index contributed by atoms with van der Waals surface area (Å²) in [4.78, 5) is 40.8. The first-order valence-corrected chi connectivity index (χ1v) is 11.5. The highest BCUT2D eigenvalue weighted by Crippen LogP contribution is 2.29. The molecule has 11 nitrogen and oxygen atoms in total. The lowest BCUT2D eigenvalue weighted by molar-refractivity contribution is -0.142. The maximum Gasteiger partial charge on any atom is 0.435 e. The van der Waals surface area contributed by atoms with Crippen molar-refractivity contribution in [2.75, 3.05) is 38.1 Å². The Morgan fingerprint density at radius 1 is 1.06 bits per heavy atom. The Bertz CT molecular complexity index is 1120. The lowest BCUT2D eigenvalue weighted by Crippen LogP contribution is -2.52. The number of carbonyl (C=O) groups is 3. The zero-order valence-corrected chi connectivity index (χ0v) is 20.8. The van der Waals surface area contributed by atoms with Gasteiger partial charge in [0.25, 0.3) is 0 Å². The molecule has 1 saturated heterocycles. The third kappa shape index (κ3) is 5.79. The fourth-order valence-corrected chi connectivity index (χ4v) is 3.87. The molecule has 2 aromatic heterocycles. The number of piperazine rings is 1. The van der Waals surface area contributed by atoms with Gasteiger partial charge >= 0.3 is 12.3 Å². The van der Waals surface area contributed by atoms with E-state index in [4.69, 9.17) is 4.74 Å². The van der Waals surface area contributed by atoms with Gasteiger partial charge in [0.1, 0.15) is 12.1 Å². The summed E-state index contributed by atoms with van der Waals surface area (Å²) in [5.74, 6) is -0.772. The summed E-state index contributed by atoms with van der Waals surface area (Å²) in [6, 6.07) is -0.811. The first-order valence-electron chi connectivity index (χ1n) is 11.5. The standard InChI is InChI=1S/C22H30F3N7O4/c1-6-36-21(35)30-9-7-29(8-10-30)20(34)16(5)31-12-17(14(3)27-31)26-19(33)15(4)32-13(2)11-18(28-32)22(23,24)25/h11-12,15-16H,6-10H2,1-5H3,(H,26,33). The fraction of sp³-hybridized carbons (Fsp3) is 0.591. The van der Waals surface area contributed by atoms with E-state index in [-0.39, 0.29) is 18.2 Å². The van der Waals surface area contributed by atoms with Gasteiger partial charge in [0.2, 0.25) is 11.8 Å². The predicted molar refractivity (Wildman–Crippen MR) is 122 cm³/mol. The third-order valence-corrected chi connectivity index (χ3v) is 6.01. The Labute approximate surface area is 206 Å². The number of rotatable bonds is 6. The van der Waals surface area contributed by atoms with E-state index in [1.165, 1.54) is 24.7 Å². The number of ether oxygens (including phenoxy) is 1. The van der Waals surface area contributed by atoms with Gasteiger partial charge < -0.3 is 19.9 Å². The molecule has 0 bridgehead atoms. The SMILES string of the molecule is CCOC(=O)N1CCN(C(=O)C(C)n2cc(NC(=O)C(C)n3nc(C(F)(F)F)cc3C)c(C)n2)CC1. The molecule has 1 N–H and O–H groups in total. The van der Waals surface area contributed by atoms with Crippen molar-refractivity contribution < 1.29 is 32.3 Å². The Hall–Kier alpha value is -3.58. The van der Waals surface area contributed by atoms with E-state index >= 15 is 0 Å². The summed E-state index contributed by atoms with van der Waals surface area (Å²) >= 11 is 0. The number of anilines is 1. The highest BCUT2D eigenvalue weighted by Gasteiger charge is 2.35. The Morgan fingerprint density at radius 2 is 1.67 bits per heavy atom. The topological polar surface area (TPSA) is 115 Å². The molecule has 2 atom stereocenters. The van der Waals surface area contributed by atoms with Gasteiger partial charge in [-0.1, -0.05) is 0 Å². The average Bonchev–Trinajstić information content (AvgIpc) is 3.40. The highest BCUT2D eigenvalue weighted by molar-refractivity contribution is 5.94. The van der Waals surface area contributed by atoms with E-state index in [0.29, 0.717) is 37.6 Å². The van der Waals surface area contributed by atoms with E-state index in [0.717, 1.165) is 10.7 Å². The second-order valence-electron chi connectivity index (χ2n) is 8.57. The van der Waals surface area contributed by atoms with Crippen LogP contribution in [0.5, 0.6) is 0 Å². The molecule has 2 aromatic rings. The molecule has 1 aliphatic heterocycles. The number of hydrogen-bond acceptors (Lipinski definition) is 6. The van der Waals surface area contributed by atoms with Gasteiger partial charge in [-0.15, -0.1) is 0 Å². The summed E-state index contributed by atoms with van der Waals surface area (Å²) in [6.45, 7) is 9.63. The maximum absolute atomic E-state index is 13.0. The summed E-state index contributed by atoms with van der Waals surface area (Å²) in [6.07, 6.45) is -3.51.